The largest absolute Gasteiger partial charge is 0.347 e. The van der Waals surface area contributed by atoms with E-state index in [1.807, 2.05) is 72.2 Å². The number of amides is 1. The summed E-state index contributed by atoms with van der Waals surface area (Å²) in [6.07, 6.45) is 0. The molecule has 0 aliphatic carbocycles. The van der Waals surface area contributed by atoms with Crippen LogP contribution < -0.4 is 5.32 Å². The Kier molecular flexibility index (Phi) is 6.50. The summed E-state index contributed by atoms with van der Waals surface area (Å²) in [5.41, 5.74) is 5.59. The molecule has 0 aliphatic rings. The molecule has 0 aliphatic heterocycles. The number of benzene rings is 3. The van der Waals surface area contributed by atoms with Gasteiger partial charge in [0.25, 0.3) is 5.91 Å². The molecule has 162 valence electrons. The van der Waals surface area contributed by atoms with E-state index in [0.717, 1.165) is 22.5 Å². The molecule has 0 saturated carbocycles. The molecule has 0 saturated heterocycles. The monoisotopic (exact) mass is 423 g/mol. The molecule has 4 aromatic rings. The second-order valence-corrected chi connectivity index (χ2v) is 8.19. The first-order valence-corrected chi connectivity index (χ1v) is 11.2. The van der Waals surface area contributed by atoms with Gasteiger partial charge in [0.2, 0.25) is 0 Å². The average molecular weight is 424 g/mol. The molecule has 1 N–H and O–H groups in total. The van der Waals surface area contributed by atoms with Crippen LogP contribution in [0.5, 0.6) is 0 Å². The van der Waals surface area contributed by atoms with Crippen molar-refractivity contribution in [2.45, 2.75) is 39.8 Å². The lowest BCUT2D eigenvalue weighted by Crippen LogP contribution is -2.26. The van der Waals surface area contributed by atoms with Gasteiger partial charge in [-0.15, -0.1) is 0 Å². The van der Waals surface area contributed by atoms with Crippen molar-refractivity contribution in [2.75, 3.05) is 0 Å². The molecule has 0 unspecified atom stereocenters. The zero-order chi connectivity index (χ0) is 22.5. The van der Waals surface area contributed by atoms with Crippen molar-refractivity contribution in [3.63, 3.8) is 0 Å². The lowest BCUT2D eigenvalue weighted by molar-refractivity contribution is 0.0942. The number of aromatic nitrogens is 2. The maximum absolute atomic E-state index is 13.4. The lowest BCUT2D eigenvalue weighted by Gasteiger charge is -2.12. The van der Waals surface area contributed by atoms with E-state index in [4.69, 9.17) is 4.98 Å². The predicted octanol–water partition coefficient (Wildman–Crippen LogP) is 6.29. The van der Waals surface area contributed by atoms with Crippen molar-refractivity contribution in [3.8, 4) is 22.6 Å². The first kappa shape index (κ1) is 21.6. The zero-order valence-electron chi connectivity index (χ0n) is 18.9. The topological polar surface area (TPSA) is 46.9 Å². The third kappa shape index (κ3) is 4.50. The van der Waals surface area contributed by atoms with Crippen LogP contribution in [-0.2, 0) is 13.1 Å². The molecule has 4 rings (SSSR count). The number of imidazole rings is 1. The third-order valence-corrected chi connectivity index (χ3v) is 5.68. The van der Waals surface area contributed by atoms with Crippen molar-refractivity contribution >= 4 is 5.91 Å². The van der Waals surface area contributed by atoms with Gasteiger partial charge in [-0.25, -0.2) is 4.98 Å². The number of carbonyl (C=O) groups excluding carboxylic acids is 1. The van der Waals surface area contributed by atoms with E-state index in [9.17, 15) is 4.79 Å². The molecular weight excluding hydrogens is 394 g/mol. The van der Waals surface area contributed by atoms with Crippen LogP contribution in [-0.4, -0.2) is 15.5 Å². The summed E-state index contributed by atoms with van der Waals surface area (Å²) < 4.78 is 2.02. The Balaban J connectivity index is 1.78. The highest BCUT2D eigenvalue weighted by Gasteiger charge is 2.24. The van der Waals surface area contributed by atoms with Crippen LogP contribution in [0.4, 0.5) is 0 Å². The molecule has 0 atom stereocenters. The van der Waals surface area contributed by atoms with Crippen molar-refractivity contribution in [1.82, 2.24) is 14.9 Å². The third-order valence-electron chi connectivity index (χ3n) is 5.68. The molecule has 0 fully saturated rings. The van der Waals surface area contributed by atoms with Crippen LogP contribution >= 0.6 is 0 Å². The molecule has 32 heavy (non-hydrogen) atoms. The Morgan fingerprint density at radius 3 is 2.09 bits per heavy atom. The highest BCUT2D eigenvalue weighted by molar-refractivity contribution is 5.99. The predicted molar refractivity (Wildman–Crippen MR) is 130 cm³/mol. The summed E-state index contributed by atoms with van der Waals surface area (Å²) >= 11 is 0. The Bertz CT molecular complexity index is 1180. The number of carbonyl (C=O) groups is 1. The second kappa shape index (κ2) is 9.65. The summed E-state index contributed by atoms with van der Waals surface area (Å²) in [4.78, 5) is 18.4. The van der Waals surface area contributed by atoms with Gasteiger partial charge in [0, 0.05) is 24.2 Å². The van der Waals surface area contributed by atoms with Crippen LogP contribution in [0, 0.1) is 0 Å². The van der Waals surface area contributed by atoms with E-state index in [1.54, 1.807) is 0 Å². The summed E-state index contributed by atoms with van der Waals surface area (Å²) in [5.74, 6) is 1.14. The van der Waals surface area contributed by atoms with E-state index in [2.05, 4.69) is 43.4 Å². The smallest absolute Gasteiger partial charge is 0.270 e. The van der Waals surface area contributed by atoms with Crippen LogP contribution in [0.3, 0.4) is 0 Å². The zero-order valence-corrected chi connectivity index (χ0v) is 18.9. The molecule has 4 heteroatoms. The molecule has 1 heterocycles. The van der Waals surface area contributed by atoms with Gasteiger partial charge < -0.3 is 9.88 Å². The molecule has 4 nitrogen and oxygen atoms in total. The summed E-state index contributed by atoms with van der Waals surface area (Å²) in [6, 6.07) is 28.4. The quantitative estimate of drug-likeness (QED) is 0.380. The van der Waals surface area contributed by atoms with Gasteiger partial charge >= 0.3 is 0 Å². The van der Waals surface area contributed by atoms with E-state index < -0.39 is 0 Å². The molecule has 1 amide bonds. The standard InChI is InChI=1S/C28H29N3O/c1-4-31-26(28(32)29-19-21-11-7-5-8-12-21)25(23-17-15-22(16-18-23)20(2)3)30-27(31)24-13-9-6-10-14-24/h5-18,20H,4,19H2,1-3H3,(H,29,32). The minimum Gasteiger partial charge on any atom is -0.347 e. The Hall–Kier alpha value is -3.66. The fraction of sp³-hybridized carbons (Fsp3) is 0.214. The molecule has 1 aromatic heterocycles. The lowest BCUT2D eigenvalue weighted by atomic mass is 10.0. The van der Waals surface area contributed by atoms with E-state index in [-0.39, 0.29) is 5.91 Å². The fourth-order valence-corrected chi connectivity index (χ4v) is 3.89. The minimum absolute atomic E-state index is 0.117. The maximum Gasteiger partial charge on any atom is 0.270 e. The fourth-order valence-electron chi connectivity index (χ4n) is 3.89. The van der Waals surface area contributed by atoms with Gasteiger partial charge in [-0.2, -0.15) is 0 Å². The Morgan fingerprint density at radius 1 is 0.875 bits per heavy atom. The Labute approximate surface area is 190 Å². The number of nitrogens with zero attached hydrogens (tertiary/aromatic N) is 2. The van der Waals surface area contributed by atoms with Crippen LogP contribution in [0.1, 0.15) is 48.3 Å². The molecule has 0 spiro atoms. The normalized spacial score (nSPS) is 11.0. The first-order valence-electron chi connectivity index (χ1n) is 11.2. The summed E-state index contributed by atoms with van der Waals surface area (Å²) in [6.45, 7) is 7.53. The number of hydrogen-bond acceptors (Lipinski definition) is 2. The van der Waals surface area contributed by atoms with Gasteiger partial charge in [0.05, 0.1) is 0 Å². The average Bonchev–Trinajstić information content (AvgIpc) is 3.23. The first-order chi connectivity index (χ1) is 15.6. The second-order valence-electron chi connectivity index (χ2n) is 8.19. The van der Waals surface area contributed by atoms with E-state index >= 15 is 0 Å². The van der Waals surface area contributed by atoms with Gasteiger partial charge in [0.15, 0.2) is 0 Å². The minimum atomic E-state index is -0.117. The van der Waals surface area contributed by atoms with Gasteiger partial charge in [-0.3, -0.25) is 4.79 Å². The SMILES string of the molecule is CCn1c(-c2ccccc2)nc(-c2ccc(C(C)C)cc2)c1C(=O)NCc1ccccc1. The highest BCUT2D eigenvalue weighted by atomic mass is 16.2. The Morgan fingerprint density at radius 2 is 1.50 bits per heavy atom. The molecular formula is C28H29N3O. The van der Waals surface area contributed by atoms with Gasteiger partial charge in [0.1, 0.15) is 17.2 Å². The van der Waals surface area contributed by atoms with Crippen LogP contribution in [0.2, 0.25) is 0 Å². The number of nitrogens with one attached hydrogen (secondary N) is 1. The number of hydrogen-bond donors (Lipinski definition) is 1. The van der Waals surface area contributed by atoms with Crippen molar-refractivity contribution < 1.29 is 4.79 Å². The van der Waals surface area contributed by atoms with E-state index in [1.165, 1.54) is 5.56 Å². The maximum atomic E-state index is 13.4. The van der Waals surface area contributed by atoms with Gasteiger partial charge in [-0.05, 0) is 24.0 Å². The summed E-state index contributed by atoms with van der Waals surface area (Å²) in [5, 5.41) is 3.09. The summed E-state index contributed by atoms with van der Waals surface area (Å²) in [7, 11) is 0. The van der Waals surface area contributed by atoms with E-state index in [0.29, 0.717) is 30.4 Å². The highest BCUT2D eigenvalue weighted by Crippen LogP contribution is 2.30. The van der Waals surface area contributed by atoms with Crippen LogP contribution in [0.25, 0.3) is 22.6 Å². The van der Waals surface area contributed by atoms with Crippen molar-refractivity contribution in [1.29, 1.82) is 0 Å². The number of rotatable bonds is 7. The molecule has 3 aromatic carbocycles. The van der Waals surface area contributed by atoms with Crippen LogP contribution in [0.15, 0.2) is 84.9 Å². The molecule has 0 radical (unpaired) electrons. The van der Waals surface area contributed by atoms with Gasteiger partial charge in [-0.1, -0.05) is 98.8 Å². The molecule has 0 bridgehead atoms. The van der Waals surface area contributed by atoms with Crippen molar-refractivity contribution in [2.24, 2.45) is 0 Å². The van der Waals surface area contributed by atoms with Crippen molar-refractivity contribution in [3.05, 3.63) is 102 Å².